The van der Waals surface area contributed by atoms with Gasteiger partial charge < -0.3 is 21.3 Å². The van der Waals surface area contributed by atoms with Crippen LogP contribution in [-0.2, 0) is 6.18 Å². The number of phenols is 2. The zero-order chi connectivity index (χ0) is 19.9. The van der Waals surface area contributed by atoms with Gasteiger partial charge in [0.1, 0.15) is 23.2 Å². The highest BCUT2D eigenvalue weighted by molar-refractivity contribution is 5.91. The number of hydrogen-bond acceptors (Lipinski definition) is 7. The minimum Gasteiger partial charge on any atom is -0.504 e. The molecule has 0 saturated heterocycles. The molecule has 2 heterocycles. The van der Waals surface area contributed by atoms with E-state index in [1.54, 1.807) is 13.8 Å². The molecule has 1 aromatic carbocycles. The van der Waals surface area contributed by atoms with Gasteiger partial charge >= 0.3 is 6.18 Å². The maximum Gasteiger partial charge on any atom is 0.433 e. The van der Waals surface area contributed by atoms with Gasteiger partial charge in [0.2, 0.25) is 0 Å². The zero-order valence-corrected chi connectivity index (χ0v) is 14.3. The molecule has 7 nitrogen and oxygen atoms in total. The highest BCUT2D eigenvalue weighted by Gasteiger charge is 2.33. The molecule has 0 aliphatic carbocycles. The SMILES string of the molecule is Cc1nc(N[C@H](C)c2cc(N)nc(C(F)(F)F)c2)c2cc(O)c(O)cc2n1. The van der Waals surface area contributed by atoms with Crippen molar-refractivity contribution in [2.45, 2.75) is 26.1 Å². The summed E-state index contributed by atoms with van der Waals surface area (Å²) in [7, 11) is 0. The molecule has 2 aromatic heterocycles. The topological polar surface area (TPSA) is 117 Å². The van der Waals surface area contributed by atoms with Crippen molar-refractivity contribution < 1.29 is 23.4 Å². The van der Waals surface area contributed by atoms with E-state index in [0.717, 1.165) is 6.07 Å². The van der Waals surface area contributed by atoms with Crippen molar-refractivity contribution >= 4 is 22.5 Å². The average molecular weight is 379 g/mol. The number of rotatable bonds is 3. The predicted molar refractivity (Wildman–Crippen MR) is 93.3 cm³/mol. The van der Waals surface area contributed by atoms with E-state index in [-0.39, 0.29) is 22.9 Å². The molecule has 0 aliphatic rings. The van der Waals surface area contributed by atoms with E-state index < -0.39 is 17.9 Å². The molecular formula is C17H16F3N5O2. The number of alkyl halides is 3. The van der Waals surface area contributed by atoms with Crippen LogP contribution >= 0.6 is 0 Å². The third-order valence-corrected chi connectivity index (χ3v) is 3.92. The molecular weight excluding hydrogens is 363 g/mol. The van der Waals surface area contributed by atoms with E-state index in [9.17, 15) is 23.4 Å². The number of nitrogens with zero attached hydrogens (tertiary/aromatic N) is 3. The minimum absolute atomic E-state index is 0.250. The van der Waals surface area contributed by atoms with Crippen molar-refractivity contribution in [3.63, 3.8) is 0 Å². The number of nitrogens with one attached hydrogen (secondary N) is 1. The number of nitrogen functional groups attached to an aromatic ring is 1. The maximum absolute atomic E-state index is 13.0. The van der Waals surface area contributed by atoms with Gasteiger partial charge in [-0.1, -0.05) is 0 Å². The second kappa shape index (κ2) is 6.45. The lowest BCUT2D eigenvalue weighted by Crippen LogP contribution is -2.14. The van der Waals surface area contributed by atoms with Crippen molar-refractivity contribution in [3.05, 3.63) is 41.3 Å². The van der Waals surface area contributed by atoms with Gasteiger partial charge in [-0.25, -0.2) is 15.0 Å². The normalized spacial score (nSPS) is 12.9. The van der Waals surface area contributed by atoms with Crippen LogP contribution in [0.4, 0.5) is 24.8 Å². The van der Waals surface area contributed by atoms with Gasteiger partial charge in [-0.2, -0.15) is 13.2 Å². The Balaban J connectivity index is 2.03. The summed E-state index contributed by atoms with van der Waals surface area (Å²) >= 11 is 0. The highest BCUT2D eigenvalue weighted by atomic mass is 19.4. The minimum atomic E-state index is -4.62. The number of benzene rings is 1. The molecule has 0 saturated carbocycles. The predicted octanol–water partition coefficient (Wildman–Crippen LogP) is 3.52. The number of halogens is 3. The first-order chi connectivity index (χ1) is 12.5. The standard InChI is InChI=1S/C17H16F3N5O2/c1-7(9-3-14(17(18,19)20)25-15(21)4-9)22-16-10-5-12(26)13(27)6-11(10)23-8(2)24-16/h3-7,26-27H,1-2H3,(H2,21,25)(H,22,23,24)/t7-/m1/s1. The van der Waals surface area contributed by atoms with E-state index in [4.69, 9.17) is 5.73 Å². The summed E-state index contributed by atoms with van der Waals surface area (Å²) in [4.78, 5) is 11.7. The lowest BCUT2D eigenvalue weighted by molar-refractivity contribution is -0.141. The Morgan fingerprint density at radius 2 is 1.70 bits per heavy atom. The fourth-order valence-electron chi connectivity index (χ4n) is 2.64. The second-order valence-corrected chi connectivity index (χ2v) is 6.05. The molecule has 0 radical (unpaired) electrons. The third-order valence-electron chi connectivity index (χ3n) is 3.92. The van der Waals surface area contributed by atoms with Crippen LogP contribution in [0.1, 0.15) is 30.0 Å². The number of phenolic OH excluding ortho intramolecular Hbond substituents is 2. The van der Waals surface area contributed by atoms with Crippen LogP contribution in [0, 0.1) is 6.92 Å². The first-order valence-corrected chi connectivity index (χ1v) is 7.86. The van der Waals surface area contributed by atoms with Crippen molar-refractivity contribution in [1.29, 1.82) is 0 Å². The van der Waals surface area contributed by atoms with Crippen molar-refractivity contribution in [2.75, 3.05) is 11.1 Å². The average Bonchev–Trinajstić information content (AvgIpc) is 2.55. The molecule has 0 bridgehead atoms. The Kier molecular flexibility index (Phi) is 4.42. The first-order valence-electron chi connectivity index (χ1n) is 7.86. The van der Waals surface area contributed by atoms with Crippen LogP contribution < -0.4 is 11.1 Å². The molecule has 0 fully saturated rings. The largest absolute Gasteiger partial charge is 0.504 e. The summed E-state index contributed by atoms with van der Waals surface area (Å²) in [5, 5.41) is 22.8. The van der Waals surface area contributed by atoms with Gasteiger partial charge in [-0.05, 0) is 37.6 Å². The first kappa shape index (κ1) is 18.5. The monoisotopic (exact) mass is 379 g/mol. The summed E-state index contributed by atoms with van der Waals surface area (Å²) in [6.07, 6.45) is -4.62. The summed E-state index contributed by atoms with van der Waals surface area (Å²) in [5.74, 6) is -0.272. The molecule has 0 spiro atoms. The van der Waals surface area contributed by atoms with Crippen molar-refractivity contribution in [3.8, 4) is 11.5 Å². The fraction of sp³-hybridized carbons (Fsp3) is 0.235. The summed E-state index contributed by atoms with van der Waals surface area (Å²) in [6.45, 7) is 3.27. The number of nitrogens with two attached hydrogens (primary N) is 1. The molecule has 10 heteroatoms. The van der Waals surface area contributed by atoms with Crippen LogP contribution in [0.3, 0.4) is 0 Å². The lowest BCUT2D eigenvalue weighted by atomic mass is 10.1. The van der Waals surface area contributed by atoms with Crippen LogP contribution in [0.15, 0.2) is 24.3 Å². The van der Waals surface area contributed by atoms with Gasteiger partial charge in [0.25, 0.3) is 0 Å². The molecule has 0 amide bonds. The number of aromatic hydroxyl groups is 2. The smallest absolute Gasteiger partial charge is 0.433 e. The molecule has 1 atom stereocenters. The zero-order valence-electron chi connectivity index (χ0n) is 14.3. The molecule has 0 unspecified atom stereocenters. The van der Waals surface area contributed by atoms with Crippen LogP contribution in [-0.4, -0.2) is 25.2 Å². The molecule has 27 heavy (non-hydrogen) atoms. The summed E-state index contributed by atoms with van der Waals surface area (Å²) in [5.41, 5.74) is 5.07. The molecule has 3 rings (SSSR count). The number of aryl methyl sites for hydroxylation is 1. The van der Waals surface area contributed by atoms with Gasteiger partial charge in [0, 0.05) is 11.5 Å². The Labute approximate surface area is 151 Å². The molecule has 142 valence electrons. The van der Waals surface area contributed by atoms with E-state index in [0.29, 0.717) is 22.5 Å². The number of hydrogen-bond donors (Lipinski definition) is 4. The molecule has 0 aliphatic heterocycles. The number of pyridine rings is 1. The number of fused-ring (bicyclic) bond motifs is 1. The lowest BCUT2D eigenvalue weighted by Gasteiger charge is -2.18. The van der Waals surface area contributed by atoms with Crippen LogP contribution in [0.5, 0.6) is 11.5 Å². The van der Waals surface area contributed by atoms with E-state index in [2.05, 4.69) is 20.3 Å². The number of anilines is 2. The van der Waals surface area contributed by atoms with Crippen LogP contribution in [0.2, 0.25) is 0 Å². The Morgan fingerprint density at radius 1 is 1.04 bits per heavy atom. The second-order valence-electron chi connectivity index (χ2n) is 6.05. The highest BCUT2D eigenvalue weighted by Crippen LogP contribution is 2.34. The van der Waals surface area contributed by atoms with Gasteiger partial charge in [0.05, 0.1) is 11.6 Å². The van der Waals surface area contributed by atoms with Crippen molar-refractivity contribution in [2.24, 2.45) is 0 Å². The van der Waals surface area contributed by atoms with Gasteiger partial charge in [0.15, 0.2) is 11.5 Å². The summed E-state index contributed by atoms with van der Waals surface area (Å²) < 4.78 is 38.9. The molecule has 3 aromatic rings. The third kappa shape index (κ3) is 3.78. The van der Waals surface area contributed by atoms with E-state index in [1.165, 1.54) is 18.2 Å². The quantitative estimate of drug-likeness (QED) is 0.514. The van der Waals surface area contributed by atoms with Gasteiger partial charge in [-0.3, -0.25) is 0 Å². The Morgan fingerprint density at radius 3 is 2.37 bits per heavy atom. The van der Waals surface area contributed by atoms with E-state index >= 15 is 0 Å². The fourth-order valence-corrected chi connectivity index (χ4v) is 2.64. The summed E-state index contributed by atoms with van der Waals surface area (Å²) in [6, 6.07) is 4.20. The van der Waals surface area contributed by atoms with E-state index in [1.807, 2.05) is 0 Å². The Bertz CT molecular complexity index is 1020. The Hall–Kier alpha value is -3.30. The number of aromatic nitrogens is 3. The molecule has 5 N–H and O–H groups in total. The van der Waals surface area contributed by atoms with Crippen LogP contribution in [0.25, 0.3) is 10.9 Å². The van der Waals surface area contributed by atoms with Gasteiger partial charge in [-0.15, -0.1) is 0 Å². The maximum atomic E-state index is 13.0. The van der Waals surface area contributed by atoms with Crippen molar-refractivity contribution in [1.82, 2.24) is 15.0 Å².